The number of aliphatic hydroxyl groups is 2. The third-order valence-electron chi connectivity index (χ3n) is 1.52. The SMILES string of the molecule is N/C(=N\C(O)CO)c1ccccc1. The monoisotopic (exact) mass is 180 g/mol. The second-order valence-electron chi connectivity index (χ2n) is 2.54. The summed E-state index contributed by atoms with van der Waals surface area (Å²) >= 11 is 0. The van der Waals surface area contributed by atoms with Crippen LogP contribution in [0.4, 0.5) is 0 Å². The second kappa shape index (κ2) is 4.59. The molecule has 0 aromatic heterocycles. The van der Waals surface area contributed by atoms with Crippen LogP contribution in [0.2, 0.25) is 0 Å². The first kappa shape index (κ1) is 9.70. The molecule has 1 atom stereocenters. The Labute approximate surface area is 76.3 Å². The number of aliphatic hydroxyl groups excluding tert-OH is 2. The molecule has 0 fully saturated rings. The lowest BCUT2D eigenvalue weighted by Gasteiger charge is -2.03. The zero-order valence-corrected chi connectivity index (χ0v) is 7.09. The molecule has 4 N–H and O–H groups in total. The van der Waals surface area contributed by atoms with E-state index in [0.29, 0.717) is 0 Å². The van der Waals surface area contributed by atoms with Gasteiger partial charge in [-0.3, -0.25) is 0 Å². The van der Waals surface area contributed by atoms with Crippen LogP contribution in [-0.4, -0.2) is 28.9 Å². The van der Waals surface area contributed by atoms with E-state index < -0.39 is 12.8 Å². The Morgan fingerprint density at radius 1 is 1.38 bits per heavy atom. The molecule has 4 heteroatoms. The van der Waals surface area contributed by atoms with Crippen LogP contribution in [0.3, 0.4) is 0 Å². The van der Waals surface area contributed by atoms with Crippen molar-refractivity contribution in [2.75, 3.05) is 6.61 Å². The van der Waals surface area contributed by atoms with E-state index in [2.05, 4.69) is 4.99 Å². The molecule has 1 rings (SSSR count). The number of aliphatic imine (C=N–C) groups is 1. The highest BCUT2D eigenvalue weighted by Crippen LogP contribution is 1.98. The van der Waals surface area contributed by atoms with Crippen molar-refractivity contribution in [3.63, 3.8) is 0 Å². The fourth-order valence-electron chi connectivity index (χ4n) is 0.885. The molecule has 0 aliphatic heterocycles. The summed E-state index contributed by atoms with van der Waals surface area (Å²) in [6.07, 6.45) is -1.14. The first-order valence-electron chi connectivity index (χ1n) is 3.91. The highest BCUT2D eigenvalue weighted by atomic mass is 16.3. The van der Waals surface area contributed by atoms with Gasteiger partial charge in [-0.1, -0.05) is 30.3 Å². The van der Waals surface area contributed by atoms with E-state index in [1.807, 2.05) is 18.2 Å². The summed E-state index contributed by atoms with van der Waals surface area (Å²) in [4.78, 5) is 3.67. The number of nitrogens with two attached hydrogens (primary N) is 1. The van der Waals surface area contributed by atoms with Crippen LogP contribution >= 0.6 is 0 Å². The fraction of sp³-hybridized carbons (Fsp3) is 0.222. The molecule has 0 spiro atoms. The summed E-state index contributed by atoms with van der Waals surface area (Å²) in [7, 11) is 0. The maximum Gasteiger partial charge on any atom is 0.170 e. The van der Waals surface area contributed by atoms with Gasteiger partial charge in [0.1, 0.15) is 5.84 Å². The van der Waals surface area contributed by atoms with Crippen LogP contribution in [-0.2, 0) is 0 Å². The summed E-state index contributed by atoms with van der Waals surface area (Å²) in [6, 6.07) is 9.07. The van der Waals surface area contributed by atoms with Gasteiger partial charge < -0.3 is 15.9 Å². The van der Waals surface area contributed by atoms with Crippen LogP contribution in [0, 0.1) is 0 Å². The third-order valence-corrected chi connectivity index (χ3v) is 1.52. The van der Waals surface area contributed by atoms with Gasteiger partial charge in [-0.15, -0.1) is 0 Å². The van der Waals surface area contributed by atoms with Crippen molar-refractivity contribution in [1.82, 2.24) is 0 Å². The predicted molar refractivity (Wildman–Crippen MR) is 50.3 cm³/mol. The first-order valence-corrected chi connectivity index (χ1v) is 3.91. The minimum atomic E-state index is -1.14. The van der Waals surface area contributed by atoms with E-state index in [0.717, 1.165) is 5.56 Å². The van der Waals surface area contributed by atoms with Crippen molar-refractivity contribution < 1.29 is 10.2 Å². The molecular weight excluding hydrogens is 168 g/mol. The molecular formula is C9H12N2O2. The Hall–Kier alpha value is -1.39. The third kappa shape index (κ3) is 2.85. The van der Waals surface area contributed by atoms with E-state index in [4.69, 9.17) is 15.9 Å². The van der Waals surface area contributed by atoms with Crippen LogP contribution in [0.1, 0.15) is 5.56 Å². The molecule has 0 aliphatic rings. The van der Waals surface area contributed by atoms with E-state index in [1.165, 1.54) is 0 Å². The second-order valence-corrected chi connectivity index (χ2v) is 2.54. The highest BCUT2D eigenvalue weighted by Gasteiger charge is 2.01. The lowest BCUT2D eigenvalue weighted by atomic mass is 10.2. The lowest BCUT2D eigenvalue weighted by molar-refractivity contribution is 0.102. The van der Waals surface area contributed by atoms with Gasteiger partial charge in [-0.05, 0) is 0 Å². The van der Waals surface area contributed by atoms with Gasteiger partial charge in [-0.2, -0.15) is 0 Å². The van der Waals surface area contributed by atoms with E-state index >= 15 is 0 Å². The van der Waals surface area contributed by atoms with Crippen molar-refractivity contribution in [2.24, 2.45) is 10.7 Å². The summed E-state index contributed by atoms with van der Waals surface area (Å²) in [5, 5.41) is 17.5. The van der Waals surface area contributed by atoms with Crippen molar-refractivity contribution in [1.29, 1.82) is 0 Å². The number of hydrogen-bond acceptors (Lipinski definition) is 3. The largest absolute Gasteiger partial charge is 0.392 e. The maximum atomic E-state index is 8.97. The molecule has 1 unspecified atom stereocenters. The zero-order chi connectivity index (χ0) is 9.68. The molecule has 13 heavy (non-hydrogen) atoms. The summed E-state index contributed by atoms with van der Waals surface area (Å²) in [6.45, 7) is -0.423. The van der Waals surface area contributed by atoms with Gasteiger partial charge in [0.2, 0.25) is 0 Å². The maximum absolute atomic E-state index is 8.97. The molecule has 0 saturated heterocycles. The Morgan fingerprint density at radius 2 is 2.00 bits per heavy atom. The Kier molecular flexibility index (Phi) is 3.42. The van der Waals surface area contributed by atoms with Gasteiger partial charge in [0.25, 0.3) is 0 Å². The van der Waals surface area contributed by atoms with Crippen LogP contribution in [0.15, 0.2) is 35.3 Å². The van der Waals surface area contributed by atoms with Crippen molar-refractivity contribution in [2.45, 2.75) is 6.23 Å². The fourth-order valence-corrected chi connectivity index (χ4v) is 0.885. The molecule has 0 saturated carbocycles. The van der Waals surface area contributed by atoms with Gasteiger partial charge in [-0.25, -0.2) is 4.99 Å². The molecule has 0 heterocycles. The summed E-state index contributed by atoms with van der Waals surface area (Å²) in [5.74, 6) is 0.224. The van der Waals surface area contributed by atoms with Crippen molar-refractivity contribution in [3.8, 4) is 0 Å². The van der Waals surface area contributed by atoms with Crippen LogP contribution in [0.25, 0.3) is 0 Å². The molecule has 0 aliphatic carbocycles. The first-order chi connectivity index (χ1) is 6.24. The molecule has 1 aromatic rings. The molecule has 70 valence electrons. The molecule has 0 radical (unpaired) electrons. The number of nitrogens with zero attached hydrogens (tertiary/aromatic N) is 1. The van der Waals surface area contributed by atoms with Gasteiger partial charge in [0.05, 0.1) is 6.61 Å². The van der Waals surface area contributed by atoms with Gasteiger partial charge in [0.15, 0.2) is 6.23 Å². The van der Waals surface area contributed by atoms with E-state index in [1.54, 1.807) is 12.1 Å². The van der Waals surface area contributed by atoms with E-state index in [9.17, 15) is 0 Å². The quantitative estimate of drug-likeness (QED) is 0.441. The molecule has 0 bridgehead atoms. The summed E-state index contributed by atoms with van der Waals surface area (Å²) in [5.41, 5.74) is 6.28. The number of hydrogen-bond donors (Lipinski definition) is 3. The molecule has 0 amide bonds. The standard InChI is InChI=1S/C9H12N2O2/c10-9(11-8(13)6-12)7-4-2-1-3-5-7/h1-5,8,12-13H,6H2,(H2,10,11). The predicted octanol–water partition coefficient (Wildman–Crippen LogP) is -0.297. The minimum absolute atomic E-state index is 0.224. The van der Waals surface area contributed by atoms with Crippen molar-refractivity contribution >= 4 is 5.84 Å². The number of amidine groups is 1. The Balaban J connectivity index is 2.79. The van der Waals surface area contributed by atoms with E-state index in [-0.39, 0.29) is 5.84 Å². The topological polar surface area (TPSA) is 78.8 Å². The average molecular weight is 180 g/mol. The van der Waals surface area contributed by atoms with Crippen LogP contribution < -0.4 is 5.73 Å². The molecule has 4 nitrogen and oxygen atoms in total. The molecule has 1 aromatic carbocycles. The Bertz CT molecular complexity index is 285. The van der Waals surface area contributed by atoms with Crippen LogP contribution in [0.5, 0.6) is 0 Å². The smallest absolute Gasteiger partial charge is 0.170 e. The minimum Gasteiger partial charge on any atom is -0.392 e. The lowest BCUT2D eigenvalue weighted by Crippen LogP contribution is -2.19. The van der Waals surface area contributed by atoms with Gasteiger partial charge >= 0.3 is 0 Å². The zero-order valence-electron chi connectivity index (χ0n) is 7.09. The van der Waals surface area contributed by atoms with Gasteiger partial charge in [0, 0.05) is 5.56 Å². The number of rotatable bonds is 3. The summed E-state index contributed by atoms with van der Waals surface area (Å²) < 4.78 is 0. The van der Waals surface area contributed by atoms with Crippen molar-refractivity contribution in [3.05, 3.63) is 35.9 Å². The Morgan fingerprint density at radius 3 is 2.54 bits per heavy atom. The highest BCUT2D eigenvalue weighted by molar-refractivity contribution is 5.97. The normalized spacial score (nSPS) is 14.2. The number of benzene rings is 1. The average Bonchev–Trinajstić information content (AvgIpc) is 2.19.